The Morgan fingerprint density at radius 1 is 0.675 bits per heavy atom. The lowest BCUT2D eigenvalue weighted by Crippen LogP contribution is -2.08. The highest BCUT2D eigenvalue weighted by Gasteiger charge is 2.31. The third kappa shape index (κ3) is 4.56. The number of nitrogens with one attached hydrogen (secondary N) is 2. The summed E-state index contributed by atoms with van der Waals surface area (Å²) in [6.07, 6.45) is 22.3. The summed E-state index contributed by atoms with van der Waals surface area (Å²) >= 11 is 0. The number of halogens is 1. The Balaban J connectivity index is 0.000000154. The van der Waals surface area contributed by atoms with Crippen LogP contribution in [-0.2, 0) is 0 Å². The minimum Gasteiger partial charge on any atom is -0.345 e. The van der Waals surface area contributed by atoms with Crippen molar-refractivity contribution in [2.24, 2.45) is 11.8 Å². The standard InChI is InChI=1S/2C15H18N4.CH4.ClH/c2*1-2-10-4-3-5-11(10)13-8-17-14-9-18-15-12(19(13)14)6-7-16-15;;/h2*6-11,16H,2-5H2,1H3;1H4;1H/t2*10-,11+;;/m11../s1. The zero-order valence-corrected chi connectivity index (χ0v) is 23.5. The first-order valence-electron chi connectivity index (χ1n) is 14.4. The molecule has 40 heavy (non-hydrogen) atoms. The number of rotatable bonds is 4. The van der Waals surface area contributed by atoms with Crippen molar-refractivity contribution in [3.05, 3.63) is 60.7 Å². The summed E-state index contributed by atoms with van der Waals surface area (Å²) in [5, 5.41) is 0. The quantitative estimate of drug-likeness (QED) is 0.228. The Hall–Kier alpha value is -3.39. The van der Waals surface area contributed by atoms with Crippen LogP contribution in [0.4, 0.5) is 0 Å². The van der Waals surface area contributed by atoms with Crippen LogP contribution in [0.25, 0.3) is 33.6 Å². The predicted molar refractivity (Wildman–Crippen MR) is 164 cm³/mol. The minimum absolute atomic E-state index is 0. The molecule has 0 amide bonds. The van der Waals surface area contributed by atoms with Crippen LogP contribution in [0.2, 0.25) is 0 Å². The van der Waals surface area contributed by atoms with Gasteiger partial charge in [0.25, 0.3) is 0 Å². The number of nitrogens with zero attached hydrogens (tertiary/aromatic N) is 6. The van der Waals surface area contributed by atoms with E-state index in [2.05, 4.69) is 77.1 Å². The maximum Gasteiger partial charge on any atom is 0.156 e. The van der Waals surface area contributed by atoms with E-state index < -0.39 is 0 Å². The molecule has 4 atom stereocenters. The van der Waals surface area contributed by atoms with E-state index in [1.807, 2.05) is 24.8 Å². The molecule has 2 aliphatic carbocycles. The lowest BCUT2D eigenvalue weighted by molar-refractivity contribution is 0.461. The van der Waals surface area contributed by atoms with Crippen LogP contribution in [0.5, 0.6) is 0 Å². The van der Waals surface area contributed by atoms with E-state index in [0.29, 0.717) is 11.8 Å². The van der Waals surface area contributed by atoms with E-state index in [-0.39, 0.29) is 19.8 Å². The van der Waals surface area contributed by atoms with Crippen molar-refractivity contribution < 1.29 is 0 Å². The van der Waals surface area contributed by atoms with Gasteiger partial charge in [-0.2, -0.15) is 0 Å². The topological polar surface area (TPSA) is 92.0 Å². The minimum atomic E-state index is 0. The van der Waals surface area contributed by atoms with Crippen LogP contribution in [0.1, 0.15) is 95.9 Å². The summed E-state index contributed by atoms with van der Waals surface area (Å²) < 4.78 is 4.58. The molecule has 2 saturated carbocycles. The second-order valence-corrected chi connectivity index (χ2v) is 11.1. The van der Waals surface area contributed by atoms with Gasteiger partial charge in [0.15, 0.2) is 22.6 Å². The summed E-state index contributed by atoms with van der Waals surface area (Å²) in [5.74, 6) is 2.92. The third-order valence-electron chi connectivity index (χ3n) is 9.27. The average Bonchev–Trinajstić information content (AvgIpc) is 3.77. The van der Waals surface area contributed by atoms with Crippen molar-refractivity contribution in [1.82, 2.24) is 38.7 Å². The van der Waals surface area contributed by atoms with E-state index in [4.69, 9.17) is 0 Å². The van der Waals surface area contributed by atoms with Gasteiger partial charge in [-0.05, 0) is 49.7 Å². The second-order valence-electron chi connectivity index (χ2n) is 11.1. The van der Waals surface area contributed by atoms with Crippen molar-refractivity contribution in [2.75, 3.05) is 0 Å². The van der Waals surface area contributed by atoms with E-state index in [0.717, 1.165) is 45.5 Å². The molecule has 8 rings (SSSR count). The lowest BCUT2D eigenvalue weighted by atomic mass is 9.91. The average molecular weight is 561 g/mol. The van der Waals surface area contributed by atoms with E-state index in [1.54, 1.807) is 0 Å². The van der Waals surface area contributed by atoms with Gasteiger partial charge < -0.3 is 9.97 Å². The SMILES string of the molecule is C.CC[C@@H]1CCC[C@@H]1c1cnc2cnc3[nH]ccc3n12.CC[C@@H]1CCC[C@@H]1c1cnc2cnc3[nH]ccc3n12.Cl. The van der Waals surface area contributed by atoms with E-state index in [1.165, 1.54) is 62.8 Å². The first kappa shape index (κ1) is 28.1. The van der Waals surface area contributed by atoms with Gasteiger partial charge in [-0.25, -0.2) is 19.9 Å². The number of hydrogen-bond donors (Lipinski definition) is 2. The zero-order chi connectivity index (χ0) is 25.6. The fourth-order valence-electron chi connectivity index (χ4n) is 7.34. The normalized spacial score (nSPS) is 22.4. The second kappa shape index (κ2) is 11.6. The number of H-pyrrole nitrogens is 2. The molecule has 2 aliphatic rings. The Morgan fingerprint density at radius 3 is 1.55 bits per heavy atom. The maximum absolute atomic E-state index is 4.55. The van der Waals surface area contributed by atoms with Gasteiger partial charge in [-0.3, -0.25) is 8.80 Å². The van der Waals surface area contributed by atoms with Crippen molar-refractivity contribution in [2.45, 2.75) is 84.5 Å². The summed E-state index contributed by atoms with van der Waals surface area (Å²) in [6, 6.07) is 4.19. The molecule has 0 bridgehead atoms. The molecule has 8 nitrogen and oxygen atoms in total. The number of aromatic nitrogens is 8. The number of fused-ring (bicyclic) bond motifs is 6. The number of imidazole rings is 2. The van der Waals surface area contributed by atoms with E-state index >= 15 is 0 Å². The van der Waals surface area contributed by atoms with Gasteiger partial charge in [-0.15, -0.1) is 12.4 Å². The summed E-state index contributed by atoms with van der Waals surface area (Å²) in [5.41, 5.74) is 8.83. The van der Waals surface area contributed by atoms with Crippen LogP contribution in [0.3, 0.4) is 0 Å². The molecule has 212 valence electrons. The van der Waals surface area contributed by atoms with Gasteiger partial charge in [0.1, 0.15) is 0 Å². The third-order valence-corrected chi connectivity index (χ3v) is 9.27. The molecule has 0 radical (unpaired) electrons. The van der Waals surface area contributed by atoms with Crippen LogP contribution >= 0.6 is 12.4 Å². The van der Waals surface area contributed by atoms with Crippen LogP contribution < -0.4 is 0 Å². The number of hydrogen-bond acceptors (Lipinski definition) is 4. The Kier molecular flexibility index (Phi) is 8.17. The molecule has 6 aromatic rings. The molecule has 0 aliphatic heterocycles. The molecule has 9 heteroatoms. The first-order valence-corrected chi connectivity index (χ1v) is 14.4. The summed E-state index contributed by atoms with van der Waals surface area (Å²) in [6.45, 7) is 4.61. The van der Waals surface area contributed by atoms with Gasteiger partial charge in [0.2, 0.25) is 0 Å². The van der Waals surface area contributed by atoms with Crippen molar-refractivity contribution in [3.8, 4) is 0 Å². The monoisotopic (exact) mass is 560 g/mol. The smallest absolute Gasteiger partial charge is 0.156 e. The van der Waals surface area contributed by atoms with Gasteiger partial charge in [0, 0.05) is 48.0 Å². The molecular weight excluding hydrogens is 520 g/mol. The Labute approximate surface area is 241 Å². The van der Waals surface area contributed by atoms with Crippen molar-refractivity contribution in [3.63, 3.8) is 0 Å². The van der Waals surface area contributed by atoms with Crippen LogP contribution in [0, 0.1) is 11.8 Å². The maximum atomic E-state index is 4.55. The van der Waals surface area contributed by atoms with Crippen LogP contribution in [0.15, 0.2) is 49.3 Å². The lowest BCUT2D eigenvalue weighted by Gasteiger charge is -2.17. The van der Waals surface area contributed by atoms with Gasteiger partial charge in [-0.1, -0.05) is 47.0 Å². The molecule has 2 N–H and O–H groups in total. The predicted octanol–water partition coefficient (Wildman–Crippen LogP) is 8.07. The Morgan fingerprint density at radius 2 is 1.12 bits per heavy atom. The van der Waals surface area contributed by atoms with Crippen molar-refractivity contribution >= 4 is 46.0 Å². The van der Waals surface area contributed by atoms with Gasteiger partial charge in [0.05, 0.1) is 23.4 Å². The van der Waals surface area contributed by atoms with E-state index in [9.17, 15) is 0 Å². The molecule has 6 heterocycles. The van der Waals surface area contributed by atoms with Crippen LogP contribution in [-0.4, -0.2) is 38.7 Å². The molecule has 0 spiro atoms. The molecule has 2 fully saturated rings. The number of aromatic amines is 2. The highest BCUT2D eigenvalue weighted by molar-refractivity contribution is 5.85. The molecule has 6 aromatic heterocycles. The molecule has 0 saturated heterocycles. The zero-order valence-electron chi connectivity index (χ0n) is 22.7. The summed E-state index contributed by atoms with van der Waals surface area (Å²) in [4.78, 5) is 24.3. The van der Waals surface area contributed by atoms with Crippen molar-refractivity contribution in [1.29, 1.82) is 0 Å². The molecule has 0 unspecified atom stereocenters. The largest absolute Gasteiger partial charge is 0.345 e. The molecule has 0 aromatic carbocycles. The highest BCUT2D eigenvalue weighted by Crippen LogP contribution is 2.43. The highest BCUT2D eigenvalue weighted by atomic mass is 35.5. The fourth-order valence-corrected chi connectivity index (χ4v) is 7.34. The van der Waals surface area contributed by atoms with Gasteiger partial charge >= 0.3 is 0 Å². The molecular formula is C31H41ClN8. The summed E-state index contributed by atoms with van der Waals surface area (Å²) in [7, 11) is 0. The Bertz CT molecular complexity index is 1580. The first-order chi connectivity index (χ1) is 18.8. The fraction of sp³-hybridized carbons (Fsp3) is 0.484.